The molecule has 0 aliphatic carbocycles. The van der Waals surface area contributed by atoms with E-state index in [0.29, 0.717) is 13.1 Å². The number of aryl methyl sites for hydroxylation is 1. The van der Waals surface area contributed by atoms with Crippen molar-refractivity contribution < 1.29 is 4.79 Å². The van der Waals surface area contributed by atoms with Gasteiger partial charge in [0.2, 0.25) is 5.91 Å². The lowest BCUT2D eigenvalue weighted by atomic mass is 10.0. The first kappa shape index (κ1) is 19.5. The van der Waals surface area contributed by atoms with E-state index in [-0.39, 0.29) is 5.91 Å². The lowest BCUT2D eigenvalue weighted by Gasteiger charge is -2.26. The summed E-state index contributed by atoms with van der Waals surface area (Å²) >= 11 is 1.66. The molecule has 2 aromatic heterocycles. The molecular weight excluding hydrogens is 382 g/mol. The van der Waals surface area contributed by atoms with Crippen LogP contribution in [0.2, 0.25) is 0 Å². The topological polar surface area (TPSA) is 61.4 Å². The molecular formula is C22H25N5OS. The molecule has 4 rings (SSSR count). The Morgan fingerprint density at radius 3 is 3.00 bits per heavy atom. The summed E-state index contributed by atoms with van der Waals surface area (Å²) in [6.45, 7) is 4.18. The molecule has 29 heavy (non-hydrogen) atoms. The Kier molecular flexibility index (Phi) is 5.60. The third-order valence-electron chi connectivity index (χ3n) is 4.96. The fourth-order valence-corrected chi connectivity index (χ4v) is 4.74. The van der Waals surface area contributed by atoms with Gasteiger partial charge in [0.25, 0.3) is 0 Å². The maximum Gasteiger partial charge on any atom is 0.246 e. The van der Waals surface area contributed by atoms with E-state index in [4.69, 9.17) is 0 Å². The third-order valence-corrected chi connectivity index (χ3v) is 6.09. The summed E-state index contributed by atoms with van der Waals surface area (Å²) in [5, 5.41) is 4.54. The number of hydrogen-bond acceptors (Lipinski definition) is 6. The minimum atomic E-state index is 0.0687. The Balaban J connectivity index is 1.59. The summed E-state index contributed by atoms with van der Waals surface area (Å²) in [6, 6.07) is 8.26. The van der Waals surface area contributed by atoms with E-state index in [2.05, 4.69) is 34.3 Å². The summed E-state index contributed by atoms with van der Waals surface area (Å²) in [5.74, 6) is 0.905. The number of aromatic nitrogens is 2. The molecule has 0 bridgehead atoms. The number of thiophene rings is 1. The number of likely N-dealkylation sites (N-methyl/N-ethyl adjacent to an activating group) is 1. The molecule has 0 unspecified atom stereocenters. The van der Waals surface area contributed by atoms with E-state index in [0.717, 1.165) is 34.7 Å². The minimum absolute atomic E-state index is 0.0687. The molecule has 1 aliphatic heterocycles. The van der Waals surface area contributed by atoms with Gasteiger partial charge in [-0.2, -0.15) is 0 Å². The predicted octanol–water partition coefficient (Wildman–Crippen LogP) is 3.75. The average molecular weight is 408 g/mol. The molecule has 1 aliphatic rings. The monoisotopic (exact) mass is 407 g/mol. The molecule has 6 nitrogen and oxygen atoms in total. The van der Waals surface area contributed by atoms with Crippen LogP contribution in [-0.4, -0.2) is 52.9 Å². The zero-order valence-corrected chi connectivity index (χ0v) is 17.8. The van der Waals surface area contributed by atoms with Gasteiger partial charge in [0.15, 0.2) is 0 Å². The van der Waals surface area contributed by atoms with Gasteiger partial charge in [0.1, 0.15) is 17.0 Å². The van der Waals surface area contributed by atoms with Gasteiger partial charge < -0.3 is 15.1 Å². The average Bonchev–Trinajstić information content (AvgIpc) is 3.06. The van der Waals surface area contributed by atoms with Crippen molar-refractivity contribution in [3.05, 3.63) is 58.7 Å². The molecule has 1 amide bonds. The molecule has 0 radical (unpaired) electrons. The summed E-state index contributed by atoms with van der Waals surface area (Å²) < 4.78 is 0. The molecule has 3 aromatic rings. The van der Waals surface area contributed by atoms with Gasteiger partial charge in [0.05, 0.1) is 11.9 Å². The van der Waals surface area contributed by atoms with E-state index in [1.54, 1.807) is 23.7 Å². The summed E-state index contributed by atoms with van der Waals surface area (Å²) in [6.07, 6.45) is 6.02. The number of benzene rings is 1. The van der Waals surface area contributed by atoms with Crippen LogP contribution in [0.15, 0.2) is 42.7 Å². The molecule has 0 spiro atoms. The third kappa shape index (κ3) is 4.31. The Morgan fingerprint density at radius 1 is 1.34 bits per heavy atom. The standard InChI is InChI=1S/C22H25N5OS/c1-15-6-4-7-16(12-15)25-21-20-17-9-11-27(19(28)8-5-10-26(2)3)13-18(17)29-22(20)24-14-23-21/h4-8,12,14H,9-11,13H2,1-3H3,(H,23,24,25). The van der Waals surface area contributed by atoms with Crippen LogP contribution in [0.25, 0.3) is 10.2 Å². The van der Waals surface area contributed by atoms with Crippen LogP contribution >= 0.6 is 11.3 Å². The van der Waals surface area contributed by atoms with Gasteiger partial charge in [-0.1, -0.05) is 18.2 Å². The molecule has 0 fully saturated rings. The van der Waals surface area contributed by atoms with Gasteiger partial charge in [-0.25, -0.2) is 9.97 Å². The molecule has 1 aromatic carbocycles. The van der Waals surface area contributed by atoms with Crippen molar-refractivity contribution in [3.8, 4) is 0 Å². The highest BCUT2D eigenvalue weighted by Gasteiger charge is 2.25. The van der Waals surface area contributed by atoms with Crippen molar-refractivity contribution in [3.63, 3.8) is 0 Å². The number of nitrogens with zero attached hydrogens (tertiary/aromatic N) is 4. The number of hydrogen-bond donors (Lipinski definition) is 1. The lowest BCUT2D eigenvalue weighted by Crippen LogP contribution is -2.34. The second-order valence-corrected chi connectivity index (χ2v) is 8.66. The molecule has 0 saturated carbocycles. The van der Waals surface area contributed by atoms with E-state index >= 15 is 0 Å². The Morgan fingerprint density at radius 2 is 2.21 bits per heavy atom. The first-order chi connectivity index (χ1) is 14.0. The smallest absolute Gasteiger partial charge is 0.246 e. The highest BCUT2D eigenvalue weighted by atomic mass is 32.1. The predicted molar refractivity (Wildman–Crippen MR) is 119 cm³/mol. The number of anilines is 2. The summed E-state index contributed by atoms with van der Waals surface area (Å²) in [7, 11) is 3.98. The molecule has 0 atom stereocenters. The van der Waals surface area contributed by atoms with Crippen LogP contribution in [0.5, 0.6) is 0 Å². The lowest BCUT2D eigenvalue weighted by molar-refractivity contribution is -0.126. The molecule has 0 saturated heterocycles. The van der Waals surface area contributed by atoms with Crippen molar-refractivity contribution in [1.29, 1.82) is 0 Å². The number of rotatable bonds is 5. The molecule has 3 heterocycles. The minimum Gasteiger partial charge on any atom is -0.340 e. The van der Waals surface area contributed by atoms with E-state index in [9.17, 15) is 4.79 Å². The van der Waals surface area contributed by atoms with Crippen LogP contribution in [0, 0.1) is 6.92 Å². The zero-order valence-electron chi connectivity index (χ0n) is 17.0. The normalized spacial score (nSPS) is 14.0. The highest BCUT2D eigenvalue weighted by molar-refractivity contribution is 7.19. The van der Waals surface area contributed by atoms with E-state index in [1.165, 1.54) is 16.0 Å². The maximum atomic E-state index is 12.5. The van der Waals surface area contributed by atoms with Crippen LogP contribution in [-0.2, 0) is 17.8 Å². The van der Waals surface area contributed by atoms with Gasteiger partial charge in [-0.15, -0.1) is 11.3 Å². The van der Waals surface area contributed by atoms with Crippen molar-refractivity contribution in [2.24, 2.45) is 0 Å². The fourth-order valence-electron chi connectivity index (χ4n) is 3.54. The van der Waals surface area contributed by atoms with Gasteiger partial charge in [0, 0.05) is 29.7 Å². The summed E-state index contributed by atoms with van der Waals surface area (Å²) in [5.41, 5.74) is 3.48. The van der Waals surface area contributed by atoms with Crippen LogP contribution in [0.1, 0.15) is 16.0 Å². The van der Waals surface area contributed by atoms with Crippen molar-refractivity contribution in [1.82, 2.24) is 19.8 Å². The number of nitrogens with one attached hydrogen (secondary N) is 1. The van der Waals surface area contributed by atoms with Crippen LogP contribution in [0.3, 0.4) is 0 Å². The molecule has 1 N–H and O–H groups in total. The van der Waals surface area contributed by atoms with Crippen molar-refractivity contribution in [2.45, 2.75) is 19.9 Å². The Bertz CT molecular complexity index is 1070. The number of amides is 1. The van der Waals surface area contributed by atoms with Crippen LogP contribution in [0.4, 0.5) is 11.5 Å². The van der Waals surface area contributed by atoms with Gasteiger partial charge >= 0.3 is 0 Å². The maximum absolute atomic E-state index is 12.5. The molecule has 150 valence electrons. The SMILES string of the molecule is Cc1cccc(Nc2ncnc3sc4c(c23)CCN(C(=O)C=CCN(C)C)C4)c1. The van der Waals surface area contributed by atoms with Gasteiger partial charge in [-0.3, -0.25) is 4.79 Å². The number of carbonyl (C=O) groups excluding carboxylic acids is 1. The van der Waals surface area contributed by atoms with Crippen molar-refractivity contribution in [2.75, 3.05) is 32.5 Å². The Labute approximate surface area is 174 Å². The fraction of sp³-hybridized carbons (Fsp3) is 0.318. The van der Waals surface area contributed by atoms with Gasteiger partial charge in [-0.05, 0) is 50.7 Å². The van der Waals surface area contributed by atoms with Crippen LogP contribution < -0.4 is 5.32 Å². The second-order valence-electron chi connectivity index (χ2n) is 7.58. The first-order valence-corrected chi connectivity index (χ1v) is 10.5. The van der Waals surface area contributed by atoms with Crippen molar-refractivity contribution >= 4 is 39.0 Å². The largest absolute Gasteiger partial charge is 0.340 e. The quantitative estimate of drug-likeness (QED) is 0.653. The first-order valence-electron chi connectivity index (χ1n) is 9.70. The second kappa shape index (κ2) is 8.31. The number of carbonyl (C=O) groups is 1. The summed E-state index contributed by atoms with van der Waals surface area (Å²) in [4.78, 5) is 27.6. The Hall–Kier alpha value is -2.77. The van der Waals surface area contributed by atoms with E-state index in [1.807, 2.05) is 42.1 Å². The zero-order chi connectivity index (χ0) is 20.4. The number of fused-ring (bicyclic) bond motifs is 3. The van der Waals surface area contributed by atoms with E-state index < -0.39 is 0 Å². The molecule has 7 heteroatoms. The highest BCUT2D eigenvalue weighted by Crippen LogP contribution is 2.38.